The summed E-state index contributed by atoms with van der Waals surface area (Å²) >= 11 is 1.63. The Hall–Kier alpha value is -1.26. The molecule has 0 fully saturated rings. The maximum absolute atomic E-state index is 12.8. The number of hydrogen-bond donors (Lipinski definition) is 1. The molecule has 0 aliphatic rings. The summed E-state index contributed by atoms with van der Waals surface area (Å²) in [5, 5.41) is 3.09. The Bertz CT molecular complexity index is 478. The van der Waals surface area contributed by atoms with Crippen molar-refractivity contribution < 1.29 is 4.39 Å². The molecule has 1 aromatic carbocycles. The molecule has 2 rings (SSSR count). The van der Waals surface area contributed by atoms with E-state index in [9.17, 15) is 4.39 Å². The van der Waals surface area contributed by atoms with E-state index in [1.807, 2.05) is 5.38 Å². The molecule has 1 heterocycles. The second-order valence-electron chi connectivity index (χ2n) is 4.18. The summed E-state index contributed by atoms with van der Waals surface area (Å²) in [6, 6.07) is 6.41. The first kappa shape index (κ1) is 12.2. The fourth-order valence-electron chi connectivity index (χ4n) is 1.54. The van der Waals surface area contributed by atoms with Crippen molar-refractivity contribution in [2.45, 2.75) is 13.3 Å². The van der Waals surface area contributed by atoms with Gasteiger partial charge in [-0.15, -0.1) is 11.3 Å². The average Bonchev–Trinajstić information content (AvgIpc) is 2.78. The third-order valence-electron chi connectivity index (χ3n) is 2.62. The van der Waals surface area contributed by atoms with Crippen LogP contribution in [-0.4, -0.2) is 11.5 Å². The predicted octanol–water partition coefficient (Wildman–Crippen LogP) is 3.09. The van der Waals surface area contributed by atoms with E-state index in [4.69, 9.17) is 5.73 Å². The number of nitrogens with zero attached hydrogens (tertiary/aromatic N) is 1. The van der Waals surface area contributed by atoms with Crippen LogP contribution >= 0.6 is 11.3 Å². The number of thiazole rings is 1. The molecule has 0 saturated heterocycles. The minimum Gasteiger partial charge on any atom is -0.330 e. The SMILES string of the molecule is CC(CN)Cc1nc(-c2ccc(F)cc2)cs1. The van der Waals surface area contributed by atoms with Crippen LogP contribution < -0.4 is 5.73 Å². The maximum Gasteiger partial charge on any atom is 0.123 e. The molecular formula is C13H15FN2S. The summed E-state index contributed by atoms with van der Waals surface area (Å²) in [6.07, 6.45) is 0.905. The fraction of sp³-hybridized carbons (Fsp3) is 0.308. The molecule has 2 N–H and O–H groups in total. The summed E-state index contributed by atoms with van der Waals surface area (Å²) in [6.45, 7) is 2.78. The van der Waals surface area contributed by atoms with Gasteiger partial charge in [-0.25, -0.2) is 9.37 Å². The highest BCUT2D eigenvalue weighted by Gasteiger charge is 2.07. The van der Waals surface area contributed by atoms with Crippen LogP contribution in [-0.2, 0) is 6.42 Å². The van der Waals surface area contributed by atoms with Crippen LogP contribution in [0, 0.1) is 11.7 Å². The van der Waals surface area contributed by atoms with E-state index in [1.165, 1.54) is 12.1 Å². The summed E-state index contributed by atoms with van der Waals surface area (Å²) in [5.41, 5.74) is 7.45. The molecule has 1 atom stereocenters. The van der Waals surface area contributed by atoms with Gasteiger partial charge in [0.2, 0.25) is 0 Å². The van der Waals surface area contributed by atoms with E-state index in [0.717, 1.165) is 22.7 Å². The van der Waals surface area contributed by atoms with Gasteiger partial charge < -0.3 is 5.73 Å². The van der Waals surface area contributed by atoms with Crippen LogP contribution in [0.2, 0.25) is 0 Å². The van der Waals surface area contributed by atoms with Crippen molar-refractivity contribution in [2.75, 3.05) is 6.54 Å². The van der Waals surface area contributed by atoms with Gasteiger partial charge in [-0.2, -0.15) is 0 Å². The Kier molecular flexibility index (Phi) is 3.86. The van der Waals surface area contributed by atoms with E-state index in [2.05, 4.69) is 11.9 Å². The molecule has 2 aromatic rings. The van der Waals surface area contributed by atoms with Gasteiger partial charge in [-0.1, -0.05) is 6.92 Å². The number of aromatic nitrogens is 1. The second kappa shape index (κ2) is 5.38. The van der Waals surface area contributed by atoms with Crippen molar-refractivity contribution in [3.05, 3.63) is 40.5 Å². The van der Waals surface area contributed by atoms with E-state index in [-0.39, 0.29) is 5.82 Å². The maximum atomic E-state index is 12.8. The van der Waals surface area contributed by atoms with Crippen molar-refractivity contribution >= 4 is 11.3 Å². The zero-order valence-corrected chi connectivity index (χ0v) is 10.5. The lowest BCUT2D eigenvalue weighted by Crippen LogP contribution is -2.12. The van der Waals surface area contributed by atoms with Crippen molar-refractivity contribution in [1.29, 1.82) is 0 Å². The Labute approximate surface area is 104 Å². The average molecular weight is 250 g/mol. The minimum atomic E-state index is -0.221. The van der Waals surface area contributed by atoms with Gasteiger partial charge in [-0.05, 0) is 36.7 Å². The van der Waals surface area contributed by atoms with Crippen LogP contribution in [0.15, 0.2) is 29.6 Å². The lowest BCUT2D eigenvalue weighted by atomic mass is 10.1. The molecule has 2 nitrogen and oxygen atoms in total. The molecule has 0 radical (unpaired) electrons. The summed E-state index contributed by atoms with van der Waals surface area (Å²) in [4.78, 5) is 4.54. The lowest BCUT2D eigenvalue weighted by Gasteiger charge is -2.03. The largest absolute Gasteiger partial charge is 0.330 e. The summed E-state index contributed by atoms with van der Waals surface area (Å²) in [7, 11) is 0. The van der Waals surface area contributed by atoms with Crippen molar-refractivity contribution in [1.82, 2.24) is 4.98 Å². The van der Waals surface area contributed by atoms with Crippen molar-refractivity contribution in [2.24, 2.45) is 11.7 Å². The molecule has 0 bridgehead atoms. The Morgan fingerprint density at radius 3 is 2.71 bits per heavy atom. The standard InChI is InChI=1S/C13H15FN2S/c1-9(7-15)6-13-16-12(8-17-13)10-2-4-11(14)5-3-10/h2-5,8-9H,6-7,15H2,1H3. The third kappa shape index (κ3) is 3.11. The monoisotopic (exact) mass is 250 g/mol. The molecule has 0 aliphatic carbocycles. The van der Waals surface area contributed by atoms with Gasteiger partial charge in [0.25, 0.3) is 0 Å². The molecular weight excluding hydrogens is 235 g/mol. The highest BCUT2D eigenvalue weighted by Crippen LogP contribution is 2.23. The van der Waals surface area contributed by atoms with E-state index < -0.39 is 0 Å². The second-order valence-corrected chi connectivity index (χ2v) is 5.12. The molecule has 0 aliphatic heterocycles. The van der Waals surface area contributed by atoms with Gasteiger partial charge in [0.15, 0.2) is 0 Å². The smallest absolute Gasteiger partial charge is 0.123 e. The zero-order valence-electron chi connectivity index (χ0n) is 9.69. The van der Waals surface area contributed by atoms with E-state index in [1.54, 1.807) is 23.5 Å². The topological polar surface area (TPSA) is 38.9 Å². The van der Waals surface area contributed by atoms with Gasteiger partial charge in [0, 0.05) is 17.4 Å². The Morgan fingerprint density at radius 2 is 2.06 bits per heavy atom. The fourth-order valence-corrected chi connectivity index (χ4v) is 2.51. The highest BCUT2D eigenvalue weighted by molar-refractivity contribution is 7.09. The number of nitrogens with two attached hydrogens (primary N) is 1. The zero-order chi connectivity index (χ0) is 12.3. The number of hydrogen-bond acceptors (Lipinski definition) is 3. The van der Waals surface area contributed by atoms with Gasteiger partial charge in [-0.3, -0.25) is 0 Å². The lowest BCUT2D eigenvalue weighted by molar-refractivity contribution is 0.591. The normalized spacial score (nSPS) is 12.6. The van der Waals surface area contributed by atoms with Crippen LogP contribution in [0.3, 0.4) is 0 Å². The van der Waals surface area contributed by atoms with Crippen LogP contribution in [0.25, 0.3) is 11.3 Å². The quantitative estimate of drug-likeness (QED) is 0.905. The molecule has 0 amide bonds. The van der Waals surface area contributed by atoms with Crippen LogP contribution in [0.5, 0.6) is 0 Å². The molecule has 1 unspecified atom stereocenters. The third-order valence-corrected chi connectivity index (χ3v) is 3.49. The van der Waals surface area contributed by atoms with Gasteiger partial charge in [0.1, 0.15) is 5.82 Å². The van der Waals surface area contributed by atoms with E-state index in [0.29, 0.717) is 12.5 Å². The summed E-state index contributed by atoms with van der Waals surface area (Å²) < 4.78 is 12.8. The first-order valence-corrected chi connectivity index (χ1v) is 6.47. The Morgan fingerprint density at radius 1 is 1.35 bits per heavy atom. The summed E-state index contributed by atoms with van der Waals surface area (Å²) in [5.74, 6) is 0.225. The van der Waals surface area contributed by atoms with Crippen molar-refractivity contribution in [3.63, 3.8) is 0 Å². The predicted molar refractivity (Wildman–Crippen MR) is 69.4 cm³/mol. The Balaban J connectivity index is 2.15. The number of benzene rings is 1. The van der Waals surface area contributed by atoms with Crippen LogP contribution in [0.1, 0.15) is 11.9 Å². The number of halogens is 1. The number of rotatable bonds is 4. The molecule has 90 valence electrons. The van der Waals surface area contributed by atoms with E-state index >= 15 is 0 Å². The molecule has 17 heavy (non-hydrogen) atoms. The minimum absolute atomic E-state index is 0.221. The molecule has 0 spiro atoms. The van der Waals surface area contributed by atoms with Gasteiger partial charge >= 0.3 is 0 Å². The molecule has 1 aromatic heterocycles. The first-order valence-electron chi connectivity index (χ1n) is 5.59. The van der Waals surface area contributed by atoms with Crippen LogP contribution in [0.4, 0.5) is 4.39 Å². The highest BCUT2D eigenvalue weighted by atomic mass is 32.1. The molecule has 4 heteroatoms. The van der Waals surface area contributed by atoms with Crippen molar-refractivity contribution in [3.8, 4) is 11.3 Å². The first-order chi connectivity index (χ1) is 8.19. The molecule has 0 saturated carbocycles. The van der Waals surface area contributed by atoms with Gasteiger partial charge in [0.05, 0.1) is 10.7 Å².